The van der Waals surface area contributed by atoms with Crippen LogP contribution in [0.15, 0.2) is 46.1 Å². The van der Waals surface area contributed by atoms with Gasteiger partial charge in [0.2, 0.25) is 0 Å². The van der Waals surface area contributed by atoms with Gasteiger partial charge in [-0.25, -0.2) is 22.5 Å². The van der Waals surface area contributed by atoms with Gasteiger partial charge in [0.1, 0.15) is 23.6 Å². The van der Waals surface area contributed by atoms with Gasteiger partial charge >= 0.3 is 16.5 Å². The first kappa shape index (κ1) is 24.9. The fourth-order valence-electron chi connectivity index (χ4n) is 3.58. The number of nitrogens with zero attached hydrogens (tertiary/aromatic N) is 3. The van der Waals surface area contributed by atoms with Crippen LogP contribution in [0.4, 0.5) is 29.1 Å². The molecule has 0 radical (unpaired) electrons. The van der Waals surface area contributed by atoms with Gasteiger partial charge in [0, 0.05) is 42.8 Å². The Balaban J connectivity index is 1.57. The Bertz CT molecular complexity index is 1300. The van der Waals surface area contributed by atoms with Gasteiger partial charge in [-0.2, -0.15) is 8.42 Å². The number of carbonyl (C=O) groups is 1. The summed E-state index contributed by atoms with van der Waals surface area (Å²) in [5.74, 6) is -3.86. The molecule has 4 rings (SSSR count). The van der Waals surface area contributed by atoms with E-state index in [1.807, 2.05) is 0 Å². The summed E-state index contributed by atoms with van der Waals surface area (Å²) in [5, 5.41) is 3.88. The second-order valence-corrected chi connectivity index (χ2v) is 9.98. The van der Waals surface area contributed by atoms with Crippen LogP contribution in [-0.2, 0) is 32.7 Å². The Kier molecular flexibility index (Phi) is 7.23. The molecule has 0 unspecified atom stereocenters. The maximum atomic E-state index is 14.8. The number of benzene rings is 2. The average Bonchev–Trinajstić information content (AvgIpc) is 3.29. The molecular weight excluding hydrogens is 512 g/mol. The van der Waals surface area contributed by atoms with Crippen molar-refractivity contribution in [1.29, 1.82) is 0 Å². The van der Waals surface area contributed by atoms with Gasteiger partial charge in [-0.05, 0) is 23.8 Å². The lowest BCUT2D eigenvalue weighted by atomic mass is 10.0. The van der Waals surface area contributed by atoms with Crippen LogP contribution in [0.3, 0.4) is 0 Å². The largest absolute Gasteiger partial charge is 0.381 e. The zero-order chi connectivity index (χ0) is 25.2. The van der Waals surface area contributed by atoms with Crippen LogP contribution in [-0.4, -0.2) is 44.0 Å². The molecule has 35 heavy (non-hydrogen) atoms. The van der Waals surface area contributed by atoms with Gasteiger partial charge in [0.05, 0.1) is 5.51 Å². The molecule has 1 N–H and O–H groups in total. The minimum atomic E-state index is -5.01. The number of carbonyl (C=O) groups excluding carboxylic acids is 1. The summed E-state index contributed by atoms with van der Waals surface area (Å²) < 4.78 is 82.9. The number of sulfonamides is 1. The Labute approximate surface area is 201 Å². The van der Waals surface area contributed by atoms with Gasteiger partial charge in [0.25, 0.3) is 0 Å². The third-order valence-electron chi connectivity index (χ3n) is 5.21. The van der Waals surface area contributed by atoms with E-state index in [-0.39, 0.29) is 47.6 Å². The third kappa shape index (κ3) is 5.23. The van der Waals surface area contributed by atoms with E-state index in [4.69, 9.17) is 0 Å². The predicted molar refractivity (Wildman–Crippen MR) is 119 cm³/mol. The molecule has 14 heteroatoms. The lowest BCUT2D eigenvalue weighted by molar-refractivity contribution is -0.128. The highest BCUT2D eigenvalue weighted by Crippen LogP contribution is 2.30. The second kappa shape index (κ2) is 10.2. The Morgan fingerprint density at radius 3 is 2.51 bits per heavy atom. The molecule has 2 aromatic carbocycles. The molecule has 1 saturated heterocycles. The number of rotatable bonds is 10. The molecule has 0 bridgehead atoms. The monoisotopic (exact) mass is 530 g/mol. The van der Waals surface area contributed by atoms with Crippen molar-refractivity contribution in [2.45, 2.75) is 24.2 Å². The Morgan fingerprint density at radius 1 is 1.20 bits per heavy atom. The molecule has 1 aliphatic heterocycles. The van der Waals surface area contributed by atoms with Crippen molar-refractivity contribution in [3.05, 3.63) is 69.8 Å². The summed E-state index contributed by atoms with van der Waals surface area (Å²) >= 11 is 0.969. The molecule has 0 amide bonds. The van der Waals surface area contributed by atoms with Crippen LogP contribution in [0.25, 0.3) is 0 Å². The number of likely N-dealkylation sites (tertiary alicyclic amines) is 1. The Hall–Kier alpha value is -3.23. The molecule has 0 saturated carbocycles. The number of aromatic nitrogens is 1. The number of alkyl halides is 1. The lowest BCUT2D eigenvalue weighted by Gasteiger charge is -2.34. The average molecular weight is 531 g/mol. The minimum Gasteiger partial charge on any atom is -0.381 e. The van der Waals surface area contributed by atoms with Crippen molar-refractivity contribution in [1.82, 2.24) is 9.88 Å². The summed E-state index contributed by atoms with van der Waals surface area (Å²) in [4.78, 5) is 19.3. The van der Waals surface area contributed by atoms with Gasteiger partial charge in [0.15, 0.2) is 10.7 Å². The molecule has 0 spiro atoms. The minimum absolute atomic E-state index is 0.00841. The SMILES string of the molecule is O=CON(c1cscn1)S(=O)(=O)c1c(F)cc(NCc2c(F)cccc2CN2CC(F)C2)cc1F. The highest BCUT2D eigenvalue weighted by atomic mass is 32.2. The summed E-state index contributed by atoms with van der Waals surface area (Å²) in [5.41, 5.74) is 1.88. The summed E-state index contributed by atoms with van der Waals surface area (Å²) in [6.07, 6.45) is -0.922. The predicted octanol–water partition coefficient (Wildman–Crippen LogP) is 3.61. The highest BCUT2D eigenvalue weighted by molar-refractivity contribution is 7.92. The topological polar surface area (TPSA) is 91.8 Å². The van der Waals surface area contributed by atoms with Crippen molar-refractivity contribution >= 4 is 39.3 Å². The van der Waals surface area contributed by atoms with E-state index < -0.39 is 38.5 Å². The van der Waals surface area contributed by atoms with Crippen molar-refractivity contribution in [3.63, 3.8) is 0 Å². The maximum Gasteiger partial charge on any atom is 0.322 e. The smallest absolute Gasteiger partial charge is 0.322 e. The second-order valence-electron chi connectivity index (χ2n) is 7.57. The van der Waals surface area contributed by atoms with E-state index in [2.05, 4.69) is 15.1 Å². The first-order valence-electron chi connectivity index (χ1n) is 10.1. The third-order valence-corrected chi connectivity index (χ3v) is 7.40. The number of hydrogen-bond donors (Lipinski definition) is 1. The van der Waals surface area contributed by atoms with Gasteiger partial charge < -0.3 is 10.2 Å². The molecule has 0 aliphatic carbocycles. The molecule has 186 valence electrons. The number of thiazole rings is 1. The van der Waals surface area contributed by atoms with E-state index in [9.17, 15) is 30.8 Å². The van der Waals surface area contributed by atoms with Crippen LogP contribution in [0.5, 0.6) is 0 Å². The lowest BCUT2D eigenvalue weighted by Crippen LogP contribution is -2.47. The zero-order valence-corrected chi connectivity index (χ0v) is 19.5. The fraction of sp³-hybridized carbons (Fsp3) is 0.238. The normalized spacial score (nSPS) is 14.4. The molecule has 0 atom stereocenters. The molecule has 8 nitrogen and oxygen atoms in total. The van der Waals surface area contributed by atoms with E-state index >= 15 is 0 Å². The summed E-state index contributed by atoms with van der Waals surface area (Å²) in [7, 11) is -5.01. The number of anilines is 2. The zero-order valence-electron chi connectivity index (χ0n) is 17.8. The van der Waals surface area contributed by atoms with Crippen molar-refractivity contribution in [3.8, 4) is 0 Å². The van der Waals surface area contributed by atoms with E-state index in [1.54, 1.807) is 11.0 Å². The number of hydrogen-bond acceptors (Lipinski definition) is 8. The van der Waals surface area contributed by atoms with Crippen LogP contribution < -0.4 is 9.79 Å². The van der Waals surface area contributed by atoms with Gasteiger partial charge in [-0.1, -0.05) is 16.6 Å². The van der Waals surface area contributed by atoms with Crippen LogP contribution in [0, 0.1) is 17.5 Å². The van der Waals surface area contributed by atoms with Crippen molar-refractivity contribution in [2.24, 2.45) is 0 Å². The number of nitrogens with one attached hydrogen (secondary N) is 1. The van der Waals surface area contributed by atoms with Crippen LogP contribution in [0.1, 0.15) is 11.1 Å². The first-order valence-corrected chi connectivity index (χ1v) is 12.5. The van der Waals surface area contributed by atoms with E-state index in [0.717, 1.165) is 23.5 Å². The molecular formula is C21H18F4N4O4S2. The van der Waals surface area contributed by atoms with Crippen molar-refractivity contribution < 1.29 is 35.6 Å². The number of halogens is 4. The maximum absolute atomic E-state index is 14.8. The molecule has 2 heterocycles. The standard InChI is InChI=1S/C21H18F4N4O4S2/c22-14-8-28(9-14)7-13-2-1-3-17(23)16(13)6-26-15-4-18(24)21(19(25)5-15)35(31,32)29(33-12-30)20-10-34-11-27-20/h1-5,10-12,14,26H,6-9H2. The Morgan fingerprint density at radius 2 is 1.91 bits per heavy atom. The quantitative estimate of drug-likeness (QED) is 0.243. The summed E-state index contributed by atoms with van der Waals surface area (Å²) in [6, 6.07) is 5.85. The summed E-state index contributed by atoms with van der Waals surface area (Å²) in [6.45, 7) is 0.392. The fourth-order valence-corrected chi connectivity index (χ4v) is 5.42. The first-order chi connectivity index (χ1) is 16.7. The van der Waals surface area contributed by atoms with Crippen molar-refractivity contribution in [2.75, 3.05) is 22.9 Å². The molecule has 1 aromatic heterocycles. The molecule has 1 fully saturated rings. The van der Waals surface area contributed by atoms with Gasteiger partial charge in [-0.3, -0.25) is 9.69 Å². The van der Waals surface area contributed by atoms with Crippen LogP contribution >= 0.6 is 11.3 Å². The van der Waals surface area contributed by atoms with E-state index in [0.29, 0.717) is 12.1 Å². The van der Waals surface area contributed by atoms with E-state index in [1.165, 1.54) is 23.0 Å². The highest BCUT2D eigenvalue weighted by Gasteiger charge is 2.35. The van der Waals surface area contributed by atoms with Crippen LogP contribution in [0.2, 0.25) is 0 Å². The van der Waals surface area contributed by atoms with Gasteiger partial charge in [-0.15, -0.1) is 11.3 Å². The molecule has 3 aromatic rings. The molecule has 1 aliphatic rings.